The first kappa shape index (κ1) is 68.4. The number of carbonyl (C=O) groups is 2. The number of carbonyl (C=O) groups excluding carboxylic acids is 2. The van der Waals surface area contributed by atoms with E-state index in [0.29, 0.717) is 58.8 Å². The van der Waals surface area contributed by atoms with Crippen molar-refractivity contribution in [1.29, 1.82) is 0 Å². The standard InChI is InChI=1S/C47H77F6N9O18/c48-46(49,50)36-1-5-57-44(61-36)59-32-27-79-34(42(67)40(32)65)29-77-23-21-73-19-17-71-15-13-69-11-7-55-38(63)3-9-75-25-31(54)26-76-10-4-39(64)56-8-12-70-14-16-72-18-20-74-22-24-78-30-35-43(68)41(66)33(28-80-35)60-45-58-6-2-37(62-45)47(51,52)53/h1,5-6,31-35,37,40-43,65-68H,2-4,7-30,54H2,(H,55,63)(H,56,64)(H,60,62)(H,57,59,61)/t31?,32-,33-,34+,35+,37?,40+,41+,42-,43-/m0/s1. The maximum Gasteiger partial charge on any atom is 0.433 e. The molecule has 0 spiro atoms. The van der Waals surface area contributed by atoms with Crippen LogP contribution < -0.4 is 27.0 Å². The molecule has 2 unspecified atom stereocenters. The fourth-order valence-corrected chi connectivity index (χ4v) is 7.25. The quantitative estimate of drug-likeness (QED) is 0.0247. The van der Waals surface area contributed by atoms with Crippen LogP contribution in [-0.4, -0.2) is 280 Å². The number of amides is 2. The zero-order valence-electron chi connectivity index (χ0n) is 44.2. The van der Waals surface area contributed by atoms with Crippen molar-refractivity contribution in [1.82, 2.24) is 25.9 Å². The molecule has 2 amide bonds. The molecule has 0 bridgehead atoms. The van der Waals surface area contributed by atoms with Crippen LogP contribution in [0.1, 0.15) is 25.0 Å². The van der Waals surface area contributed by atoms with E-state index in [9.17, 15) is 56.4 Å². The van der Waals surface area contributed by atoms with E-state index >= 15 is 0 Å². The van der Waals surface area contributed by atoms with Gasteiger partial charge in [-0.05, 0) is 6.07 Å². The van der Waals surface area contributed by atoms with Gasteiger partial charge >= 0.3 is 12.4 Å². The third kappa shape index (κ3) is 28.2. The number of halogens is 6. The summed E-state index contributed by atoms with van der Waals surface area (Å²) in [4.78, 5) is 38.6. The number of nitrogens with one attached hydrogen (secondary N) is 4. The smallest absolute Gasteiger partial charge is 0.388 e. The molecular formula is C47H77F6N9O18. The molecule has 1 aromatic heterocycles. The molecule has 10 atom stereocenters. The number of nitrogens with two attached hydrogens (primary N) is 1. The lowest BCUT2D eigenvalue weighted by molar-refractivity contribution is -0.167. The number of hydrogen-bond acceptors (Lipinski definition) is 25. The summed E-state index contributed by atoms with van der Waals surface area (Å²) in [6.07, 6.45) is -14.6. The zero-order valence-corrected chi connectivity index (χ0v) is 44.2. The molecule has 3 aliphatic rings. The Morgan fingerprint density at radius 1 is 0.613 bits per heavy atom. The number of alkyl halides is 6. The normalized spacial score (nSPS) is 23.8. The van der Waals surface area contributed by atoms with Crippen molar-refractivity contribution in [2.24, 2.45) is 15.7 Å². The van der Waals surface area contributed by atoms with Gasteiger partial charge in [-0.2, -0.15) is 26.3 Å². The zero-order chi connectivity index (χ0) is 58.0. The van der Waals surface area contributed by atoms with Gasteiger partial charge in [0.2, 0.25) is 23.7 Å². The van der Waals surface area contributed by atoms with E-state index in [2.05, 4.69) is 41.2 Å². The number of aliphatic imine (C=N–C) groups is 2. The third-order valence-corrected chi connectivity index (χ3v) is 11.6. The van der Waals surface area contributed by atoms with Crippen LogP contribution in [0.5, 0.6) is 0 Å². The lowest BCUT2D eigenvalue weighted by atomic mass is 9.98. The highest BCUT2D eigenvalue weighted by molar-refractivity contribution is 5.90. The van der Waals surface area contributed by atoms with Crippen molar-refractivity contribution < 1.29 is 113 Å². The van der Waals surface area contributed by atoms with Crippen LogP contribution in [0.3, 0.4) is 0 Å². The van der Waals surface area contributed by atoms with Gasteiger partial charge in [-0.25, -0.2) is 20.0 Å². The van der Waals surface area contributed by atoms with E-state index < -0.39 is 78.8 Å². The summed E-state index contributed by atoms with van der Waals surface area (Å²) in [5.74, 6) is -1.10. The van der Waals surface area contributed by atoms with E-state index in [0.717, 1.165) is 12.4 Å². The number of ether oxygens (including phenoxy) is 12. The van der Waals surface area contributed by atoms with Crippen LogP contribution in [-0.2, 0) is 72.6 Å². The van der Waals surface area contributed by atoms with Gasteiger partial charge in [0.25, 0.3) is 0 Å². The summed E-state index contributed by atoms with van der Waals surface area (Å²) in [5, 5.41) is 52.4. The minimum atomic E-state index is -4.67. The monoisotopic (exact) mass is 1170 g/mol. The molecule has 0 radical (unpaired) electrons. The Morgan fingerprint density at radius 3 is 1.50 bits per heavy atom. The molecule has 0 saturated carbocycles. The maximum atomic E-state index is 13.0. The summed E-state index contributed by atoms with van der Waals surface area (Å²) in [6, 6.07) is -3.56. The summed E-state index contributed by atoms with van der Waals surface area (Å²) in [7, 11) is 0. The van der Waals surface area contributed by atoms with Gasteiger partial charge in [-0.1, -0.05) is 0 Å². The number of aromatic nitrogens is 2. The minimum absolute atomic E-state index is 0.0513. The molecule has 2 fully saturated rings. The molecule has 27 nitrogen and oxygen atoms in total. The first-order valence-electron chi connectivity index (χ1n) is 26.0. The lowest BCUT2D eigenvalue weighted by Gasteiger charge is -2.38. The molecule has 0 aromatic carbocycles. The number of hydrogen-bond donors (Lipinski definition) is 9. The Balaban J connectivity index is 0.818. The molecule has 10 N–H and O–H groups in total. The Bertz CT molecular complexity index is 1930. The number of anilines is 1. The van der Waals surface area contributed by atoms with Gasteiger partial charge in [0, 0.05) is 44.8 Å². The number of aliphatic hydroxyl groups is 4. The van der Waals surface area contributed by atoms with E-state index in [-0.39, 0.29) is 149 Å². The summed E-state index contributed by atoms with van der Waals surface area (Å²) >= 11 is 0. The first-order chi connectivity index (χ1) is 38.4. The Hall–Kier alpha value is -4.14. The molecule has 4 heterocycles. The van der Waals surface area contributed by atoms with Gasteiger partial charge < -0.3 is 104 Å². The van der Waals surface area contributed by atoms with Crippen LogP contribution in [0.4, 0.5) is 32.3 Å². The van der Waals surface area contributed by atoms with Gasteiger partial charge in [0.1, 0.15) is 42.3 Å². The van der Waals surface area contributed by atoms with Crippen molar-refractivity contribution in [3.63, 3.8) is 0 Å². The number of nitrogens with zero attached hydrogens (tertiary/aromatic N) is 4. The molecule has 3 aliphatic heterocycles. The highest BCUT2D eigenvalue weighted by Gasteiger charge is 2.43. The SMILES string of the molecule is NC(COCCC(=O)NCCOCCOCCOCCOC[C@H]1OC[C@H](NC2=NC(C(F)(F)F)CC=N2)[C@@H](O)[C@H]1O)COCCC(=O)NCCOCCOCCOCCOC[C@H]1OC[C@H](Nc2nccc(C(F)(F)F)n2)[C@@H](O)[C@H]1O. The van der Waals surface area contributed by atoms with Gasteiger partial charge in [-0.3, -0.25) is 9.59 Å². The van der Waals surface area contributed by atoms with Crippen LogP contribution >= 0.6 is 0 Å². The molecule has 460 valence electrons. The largest absolute Gasteiger partial charge is 0.433 e. The predicted octanol–water partition coefficient (Wildman–Crippen LogP) is -2.26. The average molecular weight is 1170 g/mol. The van der Waals surface area contributed by atoms with E-state index in [1.165, 1.54) is 0 Å². The van der Waals surface area contributed by atoms with E-state index in [1.807, 2.05) is 0 Å². The van der Waals surface area contributed by atoms with Crippen LogP contribution in [0.15, 0.2) is 22.2 Å². The highest BCUT2D eigenvalue weighted by atomic mass is 19.4. The highest BCUT2D eigenvalue weighted by Crippen LogP contribution is 2.29. The summed E-state index contributed by atoms with van der Waals surface area (Å²) in [6.45, 7) is 4.55. The van der Waals surface area contributed by atoms with Crippen LogP contribution in [0.2, 0.25) is 0 Å². The second-order valence-corrected chi connectivity index (χ2v) is 18.0. The maximum absolute atomic E-state index is 13.0. The third-order valence-electron chi connectivity index (χ3n) is 11.6. The molecule has 2 saturated heterocycles. The number of guanidine groups is 1. The van der Waals surface area contributed by atoms with Gasteiger partial charge in [0.05, 0.1) is 163 Å². The second kappa shape index (κ2) is 38.6. The molecular weight excluding hydrogens is 1090 g/mol. The molecule has 1 aromatic rings. The molecule has 0 aliphatic carbocycles. The van der Waals surface area contributed by atoms with Crippen LogP contribution in [0.25, 0.3) is 0 Å². The van der Waals surface area contributed by atoms with Crippen molar-refractivity contribution in [2.45, 2.75) is 92.4 Å². The van der Waals surface area contributed by atoms with E-state index in [4.69, 9.17) is 62.6 Å². The average Bonchev–Trinajstić information content (AvgIpc) is 3.43. The topological polar surface area (TPSA) is 350 Å². The number of rotatable bonds is 41. The van der Waals surface area contributed by atoms with Gasteiger partial charge in [-0.15, -0.1) is 0 Å². The molecule has 80 heavy (non-hydrogen) atoms. The van der Waals surface area contributed by atoms with Crippen molar-refractivity contribution in [3.05, 3.63) is 18.0 Å². The van der Waals surface area contributed by atoms with Crippen molar-refractivity contribution in [3.8, 4) is 0 Å². The Kier molecular flexibility index (Phi) is 33.0. The first-order valence-corrected chi connectivity index (χ1v) is 26.0. The lowest BCUT2D eigenvalue weighted by Crippen LogP contribution is -2.60. The van der Waals surface area contributed by atoms with Crippen molar-refractivity contribution >= 4 is 29.9 Å². The van der Waals surface area contributed by atoms with Crippen LogP contribution in [0, 0.1) is 0 Å². The predicted molar refractivity (Wildman–Crippen MR) is 267 cm³/mol. The minimum Gasteiger partial charge on any atom is -0.388 e. The van der Waals surface area contributed by atoms with Gasteiger partial charge in [0.15, 0.2) is 6.04 Å². The fraction of sp³-hybridized carbons (Fsp3) is 0.830. The van der Waals surface area contributed by atoms with E-state index in [1.54, 1.807) is 0 Å². The van der Waals surface area contributed by atoms with Crippen molar-refractivity contribution in [2.75, 3.05) is 164 Å². The summed E-state index contributed by atoms with van der Waals surface area (Å²) in [5.41, 5.74) is 4.85. The fourth-order valence-electron chi connectivity index (χ4n) is 7.25. The Labute approximate surface area is 458 Å². The molecule has 4 rings (SSSR count). The number of aliphatic hydroxyl groups excluding tert-OH is 4. The molecule has 33 heteroatoms. The Morgan fingerprint density at radius 2 is 1.05 bits per heavy atom. The second-order valence-electron chi connectivity index (χ2n) is 18.0. The summed E-state index contributed by atoms with van der Waals surface area (Å²) < 4.78 is 143.